The van der Waals surface area contributed by atoms with Crippen molar-refractivity contribution in [1.82, 2.24) is 15.1 Å². The highest BCUT2D eigenvalue weighted by molar-refractivity contribution is 6.30. The van der Waals surface area contributed by atoms with Crippen LogP contribution in [0, 0.1) is 12.8 Å². The van der Waals surface area contributed by atoms with Gasteiger partial charge in [0.25, 0.3) is 5.91 Å². The van der Waals surface area contributed by atoms with Crippen LogP contribution in [0.5, 0.6) is 0 Å². The number of aromatic nitrogens is 2. The average molecular weight is 386 g/mol. The number of rotatable bonds is 3. The molecule has 0 unspecified atom stereocenters. The number of nitrogens with one attached hydrogen (secondary N) is 1. The number of fused-ring (bicyclic) bond motifs is 1. The number of Topliss-reactive ketones (excluding diaryl/α,β-unsaturated/α-hetero) is 1. The number of benzene rings is 1. The number of halogens is 1. The van der Waals surface area contributed by atoms with Gasteiger partial charge in [0.1, 0.15) is 0 Å². The molecular weight excluding hydrogens is 362 g/mol. The van der Waals surface area contributed by atoms with Gasteiger partial charge in [-0.2, -0.15) is 5.10 Å². The maximum Gasteiger partial charge on any atom is 0.274 e. The lowest BCUT2D eigenvalue weighted by molar-refractivity contribution is 0.0631. The molecule has 0 spiro atoms. The fourth-order valence-corrected chi connectivity index (χ4v) is 4.53. The zero-order valence-corrected chi connectivity index (χ0v) is 16.3. The highest BCUT2D eigenvalue weighted by Crippen LogP contribution is 2.27. The summed E-state index contributed by atoms with van der Waals surface area (Å²) < 4.78 is 0. The maximum atomic E-state index is 13.1. The summed E-state index contributed by atoms with van der Waals surface area (Å²) >= 11 is 6.01. The number of nitrogens with zero attached hydrogens (tertiary/aromatic N) is 2. The first kappa shape index (κ1) is 18.2. The smallest absolute Gasteiger partial charge is 0.274 e. The second-order valence-corrected chi connectivity index (χ2v) is 8.09. The maximum absolute atomic E-state index is 13.1. The summed E-state index contributed by atoms with van der Waals surface area (Å²) in [6.45, 7) is 3.05. The van der Waals surface area contributed by atoms with E-state index in [-0.39, 0.29) is 17.6 Å². The molecule has 1 aromatic heterocycles. The summed E-state index contributed by atoms with van der Waals surface area (Å²) in [6.07, 6.45) is 5.76. The fourth-order valence-electron chi connectivity index (χ4n) is 4.31. The van der Waals surface area contributed by atoms with E-state index in [4.69, 9.17) is 11.6 Å². The Bertz CT molecular complexity index is 890. The van der Waals surface area contributed by atoms with Crippen molar-refractivity contribution in [2.45, 2.75) is 45.4 Å². The first-order valence-electron chi connectivity index (χ1n) is 9.70. The Morgan fingerprint density at radius 3 is 2.85 bits per heavy atom. The molecule has 0 bridgehead atoms. The number of carbonyl (C=O) groups excluding carboxylic acids is 2. The fraction of sp³-hybridized carbons (Fsp3) is 0.476. The van der Waals surface area contributed by atoms with Crippen molar-refractivity contribution in [2.24, 2.45) is 5.92 Å². The normalized spacial score (nSPS) is 19.6. The number of aryl methyl sites for hydroxylation is 2. The van der Waals surface area contributed by atoms with Crippen LogP contribution in [0.4, 0.5) is 0 Å². The Morgan fingerprint density at radius 1 is 1.22 bits per heavy atom. The summed E-state index contributed by atoms with van der Waals surface area (Å²) in [6, 6.07) is 5.37. The van der Waals surface area contributed by atoms with Crippen molar-refractivity contribution in [3.63, 3.8) is 0 Å². The molecule has 4 rings (SSSR count). The molecule has 0 saturated carbocycles. The molecule has 1 aromatic carbocycles. The number of piperidine rings is 1. The van der Waals surface area contributed by atoms with E-state index in [9.17, 15) is 9.59 Å². The van der Waals surface area contributed by atoms with Crippen LogP contribution in [-0.4, -0.2) is 39.9 Å². The predicted octanol–water partition coefficient (Wildman–Crippen LogP) is 3.99. The minimum absolute atomic E-state index is 0.0419. The van der Waals surface area contributed by atoms with Crippen molar-refractivity contribution >= 4 is 23.3 Å². The van der Waals surface area contributed by atoms with Crippen LogP contribution in [-0.2, 0) is 12.8 Å². The molecule has 27 heavy (non-hydrogen) atoms. The summed E-state index contributed by atoms with van der Waals surface area (Å²) in [7, 11) is 0. The Kier molecular flexibility index (Phi) is 5.04. The first-order chi connectivity index (χ1) is 13.0. The van der Waals surface area contributed by atoms with Crippen LogP contribution in [0.25, 0.3) is 0 Å². The van der Waals surface area contributed by atoms with E-state index >= 15 is 0 Å². The third kappa shape index (κ3) is 3.53. The average Bonchev–Trinajstić information content (AvgIpc) is 3.11. The van der Waals surface area contributed by atoms with Crippen LogP contribution < -0.4 is 0 Å². The Balaban J connectivity index is 1.52. The monoisotopic (exact) mass is 385 g/mol. The lowest BCUT2D eigenvalue weighted by Gasteiger charge is -2.32. The number of hydrogen-bond donors (Lipinski definition) is 1. The van der Waals surface area contributed by atoms with Crippen molar-refractivity contribution in [2.75, 3.05) is 13.1 Å². The van der Waals surface area contributed by atoms with E-state index in [2.05, 4.69) is 10.2 Å². The van der Waals surface area contributed by atoms with E-state index in [0.29, 0.717) is 29.4 Å². The quantitative estimate of drug-likeness (QED) is 0.812. The van der Waals surface area contributed by atoms with Gasteiger partial charge in [-0.15, -0.1) is 0 Å². The molecule has 1 aliphatic heterocycles. The van der Waals surface area contributed by atoms with Crippen LogP contribution in [0.1, 0.15) is 63.4 Å². The zero-order valence-electron chi connectivity index (χ0n) is 15.6. The highest BCUT2D eigenvalue weighted by Gasteiger charge is 2.32. The number of ketones is 1. The van der Waals surface area contributed by atoms with Gasteiger partial charge in [-0.25, -0.2) is 0 Å². The largest absolute Gasteiger partial charge is 0.337 e. The Hall–Kier alpha value is -2.14. The third-order valence-electron chi connectivity index (χ3n) is 5.79. The van der Waals surface area contributed by atoms with Gasteiger partial charge in [0.05, 0.1) is 0 Å². The lowest BCUT2D eigenvalue weighted by Crippen LogP contribution is -2.43. The van der Waals surface area contributed by atoms with Gasteiger partial charge in [-0.1, -0.05) is 11.6 Å². The van der Waals surface area contributed by atoms with Crippen LogP contribution in [0.2, 0.25) is 5.02 Å². The van der Waals surface area contributed by atoms with Crippen molar-refractivity contribution in [1.29, 1.82) is 0 Å². The van der Waals surface area contributed by atoms with Crippen LogP contribution in [0.15, 0.2) is 18.2 Å². The SMILES string of the molecule is Cc1cc(Cl)ccc1C(=O)[C@H]1CCCN(C(=O)c2n[nH]c3c2CCCC3)C1. The predicted molar refractivity (Wildman–Crippen MR) is 104 cm³/mol. The topological polar surface area (TPSA) is 66.1 Å². The Labute approximate surface area is 164 Å². The zero-order chi connectivity index (χ0) is 19.0. The summed E-state index contributed by atoms with van der Waals surface area (Å²) in [5.74, 6) is -0.109. The minimum Gasteiger partial charge on any atom is -0.337 e. The third-order valence-corrected chi connectivity index (χ3v) is 6.03. The molecule has 2 aliphatic rings. The molecule has 6 heteroatoms. The van der Waals surface area contributed by atoms with Gasteiger partial charge >= 0.3 is 0 Å². The van der Waals surface area contributed by atoms with Crippen molar-refractivity contribution in [3.05, 3.63) is 51.3 Å². The molecule has 2 aromatic rings. The number of hydrogen-bond acceptors (Lipinski definition) is 3. The molecule has 0 radical (unpaired) electrons. The van der Waals surface area contributed by atoms with Gasteiger partial charge in [-0.3, -0.25) is 14.7 Å². The van der Waals surface area contributed by atoms with E-state index in [1.165, 1.54) is 0 Å². The van der Waals surface area contributed by atoms with Crippen molar-refractivity contribution in [3.8, 4) is 0 Å². The first-order valence-corrected chi connectivity index (χ1v) is 10.1. The van der Waals surface area contributed by atoms with E-state index in [1.54, 1.807) is 12.1 Å². The molecule has 142 valence electrons. The van der Waals surface area contributed by atoms with Crippen LogP contribution >= 0.6 is 11.6 Å². The molecule has 1 atom stereocenters. The molecule has 1 N–H and O–H groups in total. The van der Waals surface area contributed by atoms with E-state index < -0.39 is 0 Å². The van der Waals surface area contributed by atoms with Gasteiger partial charge < -0.3 is 4.90 Å². The highest BCUT2D eigenvalue weighted by atomic mass is 35.5. The molecule has 5 nitrogen and oxygen atoms in total. The van der Waals surface area contributed by atoms with Gasteiger partial charge in [0.15, 0.2) is 11.5 Å². The summed E-state index contributed by atoms with van der Waals surface area (Å²) in [5, 5.41) is 7.98. The number of aromatic amines is 1. The van der Waals surface area contributed by atoms with Crippen molar-refractivity contribution < 1.29 is 9.59 Å². The molecule has 2 heterocycles. The number of likely N-dealkylation sites (tertiary alicyclic amines) is 1. The van der Waals surface area contributed by atoms with E-state index in [0.717, 1.165) is 55.3 Å². The number of H-pyrrole nitrogens is 1. The number of amides is 1. The molecule has 1 amide bonds. The van der Waals surface area contributed by atoms with Gasteiger partial charge in [0, 0.05) is 40.9 Å². The lowest BCUT2D eigenvalue weighted by atomic mass is 9.88. The molecule has 1 fully saturated rings. The van der Waals surface area contributed by atoms with Gasteiger partial charge in [0.2, 0.25) is 0 Å². The second kappa shape index (κ2) is 7.47. The van der Waals surface area contributed by atoms with Crippen LogP contribution in [0.3, 0.4) is 0 Å². The minimum atomic E-state index is -0.169. The van der Waals surface area contributed by atoms with E-state index in [1.807, 2.05) is 17.9 Å². The molecular formula is C21H24ClN3O2. The summed E-state index contributed by atoms with van der Waals surface area (Å²) in [5.41, 5.74) is 4.33. The van der Waals surface area contributed by atoms with Gasteiger partial charge in [-0.05, 0) is 69.2 Å². The number of carbonyl (C=O) groups is 2. The standard InChI is InChI=1S/C21H24ClN3O2/c1-13-11-15(22)8-9-16(13)20(26)14-5-4-10-25(12-14)21(27)19-17-6-2-3-7-18(17)23-24-19/h8-9,11,14H,2-7,10,12H2,1H3,(H,23,24)/t14-/m0/s1. The second-order valence-electron chi connectivity index (χ2n) is 7.65. The Morgan fingerprint density at radius 2 is 2.04 bits per heavy atom. The summed E-state index contributed by atoms with van der Waals surface area (Å²) in [4.78, 5) is 27.9. The molecule has 1 aliphatic carbocycles. The molecule has 1 saturated heterocycles.